The van der Waals surface area contributed by atoms with Crippen LogP contribution in [0.3, 0.4) is 0 Å². The van der Waals surface area contributed by atoms with Gasteiger partial charge in [-0.15, -0.1) is 0 Å². The zero-order chi connectivity index (χ0) is 28.0. The Bertz CT molecular complexity index is 1490. The van der Waals surface area contributed by atoms with Gasteiger partial charge in [0.1, 0.15) is 11.9 Å². The average molecular weight is 546 g/mol. The number of aromatic nitrogens is 1. The Morgan fingerprint density at radius 3 is 2.50 bits per heavy atom. The molecule has 40 heavy (non-hydrogen) atoms. The van der Waals surface area contributed by atoms with Crippen molar-refractivity contribution in [2.24, 2.45) is 0 Å². The second-order valence-electron chi connectivity index (χ2n) is 10.4. The molecule has 0 aliphatic carbocycles. The number of carbonyl (C=O) groups excluding carboxylic acids is 4. The van der Waals surface area contributed by atoms with Gasteiger partial charge in [-0.1, -0.05) is 18.2 Å². The molecule has 10 nitrogen and oxygen atoms in total. The molecule has 2 aromatic carbocycles. The van der Waals surface area contributed by atoms with Crippen molar-refractivity contribution in [3.05, 3.63) is 77.1 Å². The molecule has 3 aliphatic heterocycles. The summed E-state index contributed by atoms with van der Waals surface area (Å²) in [5, 5.41) is 2.21. The van der Waals surface area contributed by atoms with Gasteiger partial charge >= 0.3 is 0 Å². The number of benzene rings is 2. The number of nitrogens with zero attached hydrogens (tertiary/aromatic N) is 4. The van der Waals surface area contributed by atoms with Gasteiger partial charge < -0.3 is 9.32 Å². The lowest BCUT2D eigenvalue weighted by molar-refractivity contribution is -0.136. The summed E-state index contributed by atoms with van der Waals surface area (Å²) in [4.78, 5) is 60.1. The lowest BCUT2D eigenvalue weighted by Crippen LogP contribution is -2.54. The molecule has 0 saturated carbocycles. The summed E-state index contributed by atoms with van der Waals surface area (Å²) in [6.07, 6.45) is 3.48. The van der Waals surface area contributed by atoms with Gasteiger partial charge in [-0.05, 0) is 62.2 Å². The van der Waals surface area contributed by atoms with Crippen molar-refractivity contribution in [1.29, 1.82) is 0 Å². The van der Waals surface area contributed by atoms with Crippen LogP contribution in [0.4, 0.5) is 16.0 Å². The van der Waals surface area contributed by atoms with Crippen LogP contribution in [-0.2, 0) is 16.1 Å². The molecule has 1 N–H and O–H groups in total. The van der Waals surface area contributed by atoms with Crippen LogP contribution >= 0.6 is 0 Å². The standard InChI is InChI=1S/C29H28FN5O5/c1-33(21-4-2-3-20-25(21)29(39)35(28(20)38)22-9-10-23(36)32-26(22)37)24-15-31-27(40-24)18-11-13-34(14-12-18)16-17-5-7-19(30)8-6-17/h2-8,15,18,22H,9-14,16H2,1H3,(H,32,36,37). The number of nitrogens with one attached hydrogen (secondary N) is 1. The molecule has 1 aromatic heterocycles. The average Bonchev–Trinajstić information content (AvgIpc) is 3.54. The molecule has 6 rings (SSSR count). The third-order valence-electron chi connectivity index (χ3n) is 7.91. The highest BCUT2D eigenvalue weighted by molar-refractivity contribution is 6.25. The van der Waals surface area contributed by atoms with E-state index in [0.29, 0.717) is 17.5 Å². The first-order valence-corrected chi connectivity index (χ1v) is 13.3. The van der Waals surface area contributed by atoms with E-state index in [-0.39, 0.29) is 35.7 Å². The molecule has 1 unspecified atom stereocenters. The minimum Gasteiger partial charge on any atom is -0.424 e. The molecule has 3 aliphatic rings. The number of hydrogen-bond donors (Lipinski definition) is 1. The van der Waals surface area contributed by atoms with E-state index in [1.165, 1.54) is 12.1 Å². The third-order valence-corrected chi connectivity index (χ3v) is 7.91. The normalized spacial score (nSPS) is 20.1. The Morgan fingerprint density at radius 2 is 1.77 bits per heavy atom. The fourth-order valence-electron chi connectivity index (χ4n) is 5.70. The second kappa shape index (κ2) is 10.3. The maximum Gasteiger partial charge on any atom is 0.264 e. The highest BCUT2D eigenvalue weighted by atomic mass is 19.1. The van der Waals surface area contributed by atoms with Crippen molar-refractivity contribution in [1.82, 2.24) is 20.1 Å². The molecule has 3 aromatic rings. The van der Waals surface area contributed by atoms with E-state index < -0.39 is 29.7 Å². The van der Waals surface area contributed by atoms with Crippen molar-refractivity contribution in [2.75, 3.05) is 25.0 Å². The molecular weight excluding hydrogens is 517 g/mol. The van der Waals surface area contributed by atoms with Crippen LogP contribution in [0.25, 0.3) is 0 Å². The lowest BCUT2D eigenvalue weighted by atomic mass is 9.96. The van der Waals surface area contributed by atoms with Gasteiger partial charge in [0.2, 0.25) is 17.7 Å². The Hall–Kier alpha value is -4.38. The summed E-state index contributed by atoms with van der Waals surface area (Å²) in [5.74, 6) is -1.27. The second-order valence-corrected chi connectivity index (χ2v) is 10.4. The van der Waals surface area contributed by atoms with Crippen molar-refractivity contribution in [3.8, 4) is 0 Å². The maximum atomic E-state index is 13.5. The number of carbonyl (C=O) groups is 4. The van der Waals surface area contributed by atoms with E-state index in [0.717, 1.165) is 42.9 Å². The number of halogens is 1. The number of likely N-dealkylation sites (tertiary alicyclic amines) is 1. The maximum absolute atomic E-state index is 13.5. The highest BCUT2D eigenvalue weighted by Gasteiger charge is 2.46. The number of fused-ring (bicyclic) bond motifs is 1. The quantitative estimate of drug-likeness (QED) is 0.469. The molecule has 2 saturated heterocycles. The topological polar surface area (TPSA) is 116 Å². The fraction of sp³-hybridized carbons (Fsp3) is 0.345. The first-order valence-electron chi connectivity index (χ1n) is 13.3. The van der Waals surface area contributed by atoms with E-state index in [1.54, 1.807) is 48.5 Å². The summed E-state index contributed by atoms with van der Waals surface area (Å²) in [6, 6.07) is 10.5. The van der Waals surface area contributed by atoms with Crippen LogP contribution in [0.1, 0.15) is 63.8 Å². The van der Waals surface area contributed by atoms with Gasteiger partial charge in [0, 0.05) is 25.9 Å². The first-order chi connectivity index (χ1) is 19.3. The Balaban J connectivity index is 1.15. The molecule has 0 radical (unpaired) electrons. The van der Waals surface area contributed by atoms with Crippen LogP contribution in [-0.4, -0.2) is 64.6 Å². The zero-order valence-electron chi connectivity index (χ0n) is 21.9. The number of oxazole rings is 1. The minimum absolute atomic E-state index is 0.0581. The molecule has 1 atom stereocenters. The fourth-order valence-corrected chi connectivity index (χ4v) is 5.70. The van der Waals surface area contributed by atoms with E-state index in [2.05, 4.69) is 15.2 Å². The van der Waals surface area contributed by atoms with Crippen LogP contribution in [0, 0.1) is 5.82 Å². The van der Waals surface area contributed by atoms with Gasteiger partial charge in [-0.25, -0.2) is 9.37 Å². The van der Waals surface area contributed by atoms with E-state index >= 15 is 0 Å². The van der Waals surface area contributed by atoms with Gasteiger partial charge in [-0.3, -0.25) is 34.3 Å². The largest absolute Gasteiger partial charge is 0.424 e. The molecule has 4 heterocycles. The minimum atomic E-state index is -1.03. The van der Waals surface area contributed by atoms with E-state index in [4.69, 9.17) is 4.42 Å². The van der Waals surface area contributed by atoms with Gasteiger partial charge in [0.05, 0.1) is 23.0 Å². The molecule has 11 heteroatoms. The van der Waals surface area contributed by atoms with Crippen LogP contribution < -0.4 is 10.2 Å². The van der Waals surface area contributed by atoms with Crippen LogP contribution in [0.2, 0.25) is 0 Å². The number of hydrogen-bond acceptors (Lipinski definition) is 8. The monoisotopic (exact) mass is 545 g/mol. The summed E-state index contributed by atoms with van der Waals surface area (Å²) in [6.45, 7) is 2.47. The van der Waals surface area contributed by atoms with Crippen LogP contribution in [0.15, 0.2) is 53.1 Å². The molecule has 4 amide bonds. The molecule has 2 fully saturated rings. The van der Waals surface area contributed by atoms with Crippen molar-refractivity contribution >= 4 is 35.2 Å². The zero-order valence-corrected chi connectivity index (χ0v) is 21.9. The Morgan fingerprint density at radius 1 is 1.02 bits per heavy atom. The third kappa shape index (κ3) is 4.66. The van der Waals surface area contributed by atoms with Gasteiger partial charge in [-0.2, -0.15) is 0 Å². The van der Waals surface area contributed by atoms with E-state index in [1.807, 2.05) is 0 Å². The Labute approximate surface area is 229 Å². The first kappa shape index (κ1) is 25.9. The smallest absolute Gasteiger partial charge is 0.264 e. The number of piperidine rings is 2. The SMILES string of the molecule is CN(c1cnc(C2CCN(Cc3ccc(F)cc3)CC2)o1)c1cccc2c1C(=O)N(C1CCC(=O)NC1=O)C2=O. The van der Waals surface area contributed by atoms with Crippen molar-refractivity contribution in [2.45, 2.75) is 44.2 Å². The molecule has 0 spiro atoms. The number of amides is 4. The van der Waals surface area contributed by atoms with Crippen molar-refractivity contribution in [3.63, 3.8) is 0 Å². The summed E-state index contributed by atoms with van der Waals surface area (Å²) >= 11 is 0. The predicted molar refractivity (Wildman–Crippen MR) is 141 cm³/mol. The predicted octanol–water partition coefficient (Wildman–Crippen LogP) is 3.36. The Kier molecular flexibility index (Phi) is 6.67. The number of anilines is 2. The molecule has 0 bridgehead atoms. The summed E-state index contributed by atoms with van der Waals surface area (Å²) in [7, 11) is 1.73. The summed E-state index contributed by atoms with van der Waals surface area (Å²) in [5.41, 5.74) is 1.92. The lowest BCUT2D eigenvalue weighted by Gasteiger charge is -2.30. The highest BCUT2D eigenvalue weighted by Crippen LogP contribution is 2.38. The number of rotatable bonds is 6. The van der Waals surface area contributed by atoms with E-state index in [9.17, 15) is 23.6 Å². The molecular formula is C29H28FN5O5. The van der Waals surface area contributed by atoms with Crippen molar-refractivity contribution < 1.29 is 28.0 Å². The molecule has 206 valence electrons. The van der Waals surface area contributed by atoms with Crippen LogP contribution in [0.5, 0.6) is 0 Å². The van der Waals surface area contributed by atoms with Gasteiger partial charge in [0.15, 0.2) is 5.89 Å². The summed E-state index contributed by atoms with van der Waals surface area (Å²) < 4.78 is 19.3. The number of imide groups is 2. The van der Waals surface area contributed by atoms with Gasteiger partial charge in [0.25, 0.3) is 11.8 Å².